The summed E-state index contributed by atoms with van der Waals surface area (Å²) in [5.41, 5.74) is 0. The summed E-state index contributed by atoms with van der Waals surface area (Å²) in [5, 5.41) is 9.26. The molecule has 0 saturated heterocycles. The van der Waals surface area contributed by atoms with Gasteiger partial charge in [0.1, 0.15) is 13.3 Å². The van der Waals surface area contributed by atoms with Crippen LogP contribution in [0.3, 0.4) is 0 Å². The van der Waals surface area contributed by atoms with Crippen molar-refractivity contribution in [2.45, 2.75) is 0 Å². The Kier molecular flexibility index (Phi) is 3.00. The molecule has 0 aromatic rings. The fourth-order valence-electron chi connectivity index (χ4n) is 0.122. The van der Waals surface area contributed by atoms with Crippen LogP contribution in [0.5, 0.6) is 0 Å². The van der Waals surface area contributed by atoms with Crippen LogP contribution in [0, 0.1) is 0 Å². The number of hydrogen-bond donors (Lipinski definition) is 0. The van der Waals surface area contributed by atoms with E-state index in [9.17, 15) is 14.3 Å². The Morgan fingerprint density at radius 3 is 2.43 bits per heavy atom. The number of carbonyl (C=O) groups excluding carboxylic acids is 1. The zero-order valence-electron chi connectivity index (χ0n) is 3.52. The Hall–Kier alpha value is -0.800. The van der Waals surface area contributed by atoms with E-state index in [1.807, 2.05) is 0 Å². The van der Waals surface area contributed by atoms with Crippen molar-refractivity contribution < 1.29 is 19.0 Å². The fourth-order valence-corrected chi connectivity index (χ4v) is 0.122. The van der Waals surface area contributed by atoms with E-state index in [1.165, 1.54) is 0 Å². The highest BCUT2D eigenvalue weighted by Gasteiger charge is 1.94. The van der Waals surface area contributed by atoms with Crippen molar-refractivity contribution in [2.75, 3.05) is 13.3 Å². The van der Waals surface area contributed by atoms with Crippen LogP contribution in [-0.2, 0) is 9.84 Å². The number of ether oxygens (including phenoxy) is 1. The number of rotatable bonds is 2. The van der Waals surface area contributed by atoms with Crippen molar-refractivity contribution in [3.05, 3.63) is 0 Å². The van der Waals surface area contributed by atoms with Crippen molar-refractivity contribution >= 4 is 6.16 Å². The van der Waals surface area contributed by atoms with E-state index in [-0.39, 0.29) is 0 Å². The summed E-state index contributed by atoms with van der Waals surface area (Å²) in [5.74, 6) is 0. The molecular formula is C3H4FO3. The molecule has 0 aliphatic rings. The summed E-state index contributed by atoms with van der Waals surface area (Å²) in [6, 6.07) is 0. The van der Waals surface area contributed by atoms with E-state index in [0.717, 1.165) is 0 Å². The molecule has 4 heteroatoms. The van der Waals surface area contributed by atoms with Crippen molar-refractivity contribution in [1.29, 1.82) is 0 Å². The van der Waals surface area contributed by atoms with Gasteiger partial charge in [-0.2, -0.15) is 9.90 Å². The summed E-state index contributed by atoms with van der Waals surface area (Å²) in [6.07, 6.45) is -1.68. The summed E-state index contributed by atoms with van der Waals surface area (Å²) in [7, 11) is 0. The SMILES string of the molecule is [O]C(=O)OCCF. The first-order chi connectivity index (χ1) is 3.27. The molecule has 0 unspecified atom stereocenters. The summed E-state index contributed by atoms with van der Waals surface area (Å²) in [4.78, 5) is 9.26. The molecule has 0 amide bonds. The van der Waals surface area contributed by atoms with Gasteiger partial charge in [-0.05, 0) is 0 Å². The highest BCUT2D eigenvalue weighted by Crippen LogP contribution is 1.75. The molecule has 0 bridgehead atoms. The molecule has 0 aromatic heterocycles. The van der Waals surface area contributed by atoms with Crippen molar-refractivity contribution in [3.8, 4) is 0 Å². The van der Waals surface area contributed by atoms with Gasteiger partial charge in [0.2, 0.25) is 0 Å². The van der Waals surface area contributed by atoms with Crippen molar-refractivity contribution in [3.63, 3.8) is 0 Å². The topological polar surface area (TPSA) is 46.2 Å². The van der Waals surface area contributed by atoms with Crippen molar-refractivity contribution in [1.82, 2.24) is 0 Å². The third-order valence-electron chi connectivity index (χ3n) is 0.297. The maximum absolute atomic E-state index is 10.9. The number of hydrogen-bond acceptors (Lipinski definition) is 2. The Morgan fingerprint density at radius 1 is 1.71 bits per heavy atom. The van der Waals surface area contributed by atoms with E-state index in [2.05, 4.69) is 4.74 Å². The molecule has 0 aliphatic heterocycles. The third kappa shape index (κ3) is 5.20. The van der Waals surface area contributed by atoms with Gasteiger partial charge in [0.05, 0.1) is 0 Å². The smallest absolute Gasteiger partial charge is 0.429 e. The molecule has 0 saturated carbocycles. The Bertz CT molecular complexity index is 63.2. The number of alkyl halides is 1. The zero-order valence-corrected chi connectivity index (χ0v) is 3.52. The van der Waals surface area contributed by atoms with E-state index in [1.54, 1.807) is 0 Å². The van der Waals surface area contributed by atoms with Gasteiger partial charge >= 0.3 is 6.16 Å². The molecule has 0 aromatic carbocycles. The average Bonchev–Trinajstić information content (AvgIpc) is 1.61. The van der Waals surface area contributed by atoms with Crippen LogP contribution >= 0.6 is 0 Å². The summed E-state index contributed by atoms with van der Waals surface area (Å²) in [6.45, 7) is -1.23. The summed E-state index contributed by atoms with van der Waals surface area (Å²) >= 11 is 0. The molecule has 0 fully saturated rings. The van der Waals surface area contributed by atoms with Crippen LogP contribution < -0.4 is 0 Å². The van der Waals surface area contributed by atoms with Gasteiger partial charge in [0, 0.05) is 0 Å². The summed E-state index contributed by atoms with van der Waals surface area (Å²) < 4.78 is 14.6. The van der Waals surface area contributed by atoms with Crippen LogP contribution in [0.15, 0.2) is 0 Å². The van der Waals surface area contributed by atoms with Crippen LogP contribution in [0.1, 0.15) is 0 Å². The minimum atomic E-state index is -1.68. The Morgan fingerprint density at radius 2 is 2.29 bits per heavy atom. The lowest BCUT2D eigenvalue weighted by Crippen LogP contribution is -2.00. The molecule has 0 spiro atoms. The minimum absolute atomic E-state index is 0.428. The quantitative estimate of drug-likeness (QED) is 0.483. The molecule has 1 radical (unpaired) electrons. The zero-order chi connectivity index (χ0) is 5.70. The average molecular weight is 107 g/mol. The molecule has 0 heterocycles. The molecule has 0 aliphatic carbocycles. The number of carbonyl (C=O) groups is 1. The van der Waals surface area contributed by atoms with Gasteiger partial charge in [-0.1, -0.05) is 0 Å². The second-order valence-electron chi connectivity index (χ2n) is 0.787. The standard InChI is InChI=1S/C3H4FO3/c4-1-2-7-3(5)6/h1-2H2. The van der Waals surface area contributed by atoms with Gasteiger partial charge in [0.15, 0.2) is 0 Å². The first kappa shape index (κ1) is 6.20. The molecule has 3 nitrogen and oxygen atoms in total. The molecular weight excluding hydrogens is 103 g/mol. The van der Waals surface area contributed by atoms with E-state index < -0.39 is 19.4 Å². The molecule has 41 valence electrons. The van der Waals surface area contributed by atoms with Crippen LogP contribution in [-0.4, -0.2) is 19.4 Å². The second-order valence-corrected chi connectivity index (χ2v) is 0.787. The predicted molar refractivity (Wildman–Crippen MR) is 18.0 cm³/mol. The first-order valence-electron chi connectivity index (χ1n) is 1.67. The first-order valence-corrected chi connectivity index (χ1v) is 1.67. The molecule has 0 N–H and O–H groups in total. The van der Waals surface area contributed by atoms with Crippen LogP contribution in [0.25, 0.3) is 0 Å². The normalized spacial score (nSPS) is 8.14. The number of halogens is 1. The highest BCUT2D eigenvalue weighted by molar-refractivity contribution is 5.56. The lowest BCUT2D eigenvalue weighted by Gasteiger charge is -1.87. The maximum Gasteiger partial charge on any atom is 0.550 e. The maximum atomic E-state index is 10.9. The van der Waals surface area contributed by atoms with Gasteiger partial charge in [0.25, 0.3) is 0 Å². The van der Waals surface area contributed by atoms with E-state index >= 15 is 0 Å². The molecule has 0 atom stereocenters. The van der Waals surface area contributed by atoms with Gasteiger partial charge < -0.3 is 4.74 Å². The fraction of sp³-hybridized carbons (Fsp3) is 0.667. The highest BCUT2D eigenvalue weighted by atomic mass is 19.1. The Labute approximate surface area is 39.7 Å². The van der Waals surface area contributed by atoms with Crippen LogP contribution in [0.4, 0.5) is 9.18 Å². The van der Waals surface area contributed by atoms with E-state index in [0.29, 0.717) is 0 Å². The lowest BCUT2D eigenvalue weighted by molar-refractivity contribution is 0.0631. The second kappa shape index (κ2) is 3.39. The molecule has 0 rings (SSSR count). The van der Waals surface area contributed by atoms with Crippen LogP contribution in [0.2, 0.25) is 0 Å². The monoisotopic (exact) mass is 107 g/mol. The van der Waals surface area contributed by atoms with Gasteiger partial charge in [-0.15, -0.1) is 0 Å². The predicted octanol–water partition coefficient (Wildman–Crippen LogP) is 0.523. The lowest BCUT2D eigenvalue weighted by atomic mass is 10.8. The van der Waals surface area contributed by atoms with Gasteiger partial charge in [-0.25, -0.2) is 4.39 Å². The van der Waals surface area contributed by atoms with Gasteiger partial charge in [-0.3, -0.25) is 0 Å². The molecule has 7 heavy (non-hydrogen) atoms. The minimum Gasteiger partial charge on any atom is -0.429 e. The van der Waals surface area contributed by atoms with E-state index in [4.69, 9.17) is 0 Å². The third-order valence-corrected chi connectivity index (χ3v) is 0.297. The Balaban J connectivity index is 2.82. The van der Waals surface area contributed by atoms with Crippen molar-refractivity contribution in [2.24, 2.45) is 0 Å². The largest absolute Gasteiger partial charge is 0.550 e.